The molecule has 0 spiro atoms. The van der Waals surface area contributed by atoms with Crippen molar-refractivity contribution in [2.45, 2.75) is 18.6 Å². The van der Waals surface area contributed by atoms with Gasteiger partial charge in [0.1, 0.15) is 0 Å². The SMILES string of the molecule is CC(S)CCNC(=O)CBr. The molecule has 0 aromatic heterocycles. The summed E-state index contributed by atoms with van der Waals surface area (Å²) < 4.78 is 0. The second-order valence-electron chi connectivity index (χ2n) is 2.12. The van der Waals surface area contributed by atoms with Crippen LogP contribution in [-0.4, -0.2) is 23.0 Å². The molecule has 1 unspecified atom stereocenters. The van der Waals surface area contributed by atoms with Crippen molar-refractivity contribution < 1.29 is 4.79 Å². The van der Waals surface area contributed by atoms with Crippen LogP contribution in [0.5, 0.6) is 0 Å². The average molecular weight is 226 g/mol. The minimum absolute atomic E-state index is 0.0361. The van der Waals surface area contributed by atoms with Gasteiger partial charge < -0.3 is 5.32 Å². The number of rotatable bonds is 4. The summed E-state index contributed by atoms with van der Waals surface area (Å²) in [5.41, 5.74) is 0. The third-order valence-corrected chi connectivity index (χ3v) is 1.77. The van der Waals surface area contributed by atoms with Gasteiger partial charge >= 0.3 is 0 Å². The Bertz CT molecular complexity index is 108. The zero-order valence-corrected chi connectivity index (χ0v) is 8.41. The molecule has 0 aromatic rings. The van der Waals surface area contributed by atoms with Gasteiger partial charge in [-0.1, -0.05) is 22.9 Å². The summed E-state index contributed by atoms with van der Waals surface area (Å²) in [4.78, 5) is 10.6. The second kappa shape index (κ2) is 6.04. The molecule has 0 saturated heterocycles. The van der Waals surface area contributed by atoms with E-state index >= 15 is 0 Å². The van der Waals surface area contributed by atoms with E-state index in [4.69, 9.17) is 0 Å². The van der Waals surface area contributed by atoms with Gasteiger partial charge in [-0.3, -0.25) is 4.79 Å². The first-order chi connectivity index (χ1) is 4.66. The van der Waals surface area contributed by atoms with Crippen LogP contribution in [0.1, 0.15) is 13.3 Å². The molecule has 0 aromatic carbocycles. The largest absolute Gasteiger partial charge is 0.355 e. The molecule has 60 valence electrons. The van der Waals surface area contributed by atoms with Gasteiger partial charge in [0.2, 0.25) is 5.91 Å². The Labute approximate surface area is 75.3 Å². The number of amides is 1. The molecule has 0 bridgehead atoms. The fourth-order valence-electron chi connectivity index (χ4n) is 0.468. The standard InChI is InChI=1S/C6H12BrNOS/c1-5(10)2-3-8-6(9)4-7/h5,10H,2-4H2,1H3,(H,8,9). The number of carbonyl (C=O) groups excluding carboxylic acids is 1. The Morgan fingerprint density at radius 2 is 2.40 bits per heavy atom. The van der Waals surface area contributed by atoms with Crippen LogP contribution >= 0.6 is 28.6 Å². The topological polar surface area (TPSA) is 29.1 Å². The Morgan fingerprint density at radius 1 is 1.80 bits per heavy atom. The van der Waals surface area contributed by atoms with E-state index in [0.29, 0.717) is 10.6 Å². The van der Waals surface area contributed by atoms with Crippen molar-refractivity contribution in [1.29, 1.82) is 0 Å². The van der Waals surface area contributed by atoms with E-state index in [1.54, 1.807) is 0 Å². The van der Waals surface area contributed by atoms with Gasteiger partial charge in [-0.15, -0.1) is 0 Å². The molecule has 0 heterocycles. The molecule has 10 heavy (non-hydrogen) atoms. The maximum absolute atomic E-state index is 10.6. The van der Waals surface area contributed by atoms with Gasteiger partial charge in [-0.05, 0) is 6.42 Å². The highest BCUT2D eigenvalue weighted by Crippen LogP contribution is 1.96. The van der Waals surface area contributed by atoms with E-state index in [9.17, 15) is 4.79 Å². The second-order valence-corrected chi connectivity index (χ2v) is 3.56. The molecular weight excluding hydrogens is 214 g/mol. The van der Waals surface area contributed by atoms with Crippen LogP contribution in [0.3, 0.4) is 0 Å². The van der Waals surface area contributed by atoms with Gasteiger partial charge in [0.15, 0.2) is 0 Å². The zero-order valence-electron chi connectivity index (χ0n) is 5.93. The van der Waals surface area contributed by atoms with Crippen molar-refractivity contribution in [1.82, 2.24) is 5.32 Å². The molecule has 1 atom stereocenters. The molecule has 0 aliphatic heterocycles. The van der Waals surface area contributed by atoms with Gasteiger partial charge in [0.05, 0.1) is 5.33 Å². The van der Waals surface area contributed by atoms with Crippen molar-refractivity contribution in [3.63, 3.8) is 0 Å². The molecule has 0 rings (SSSR count). The van der Waals surface area contributed by atoms with Crippen molar-refractivity contribution in [3.8, 4) is 0 Å². The molecule has 0 aliphatic rings. The fourth-order valence-corrected chi connectivity index (χ4v) is 0.795. The summed E-state index contributed by atoms with van der Waals surface area (Å²) in [6.07, 6.45) is 0.919. The Hall–Kier alpha value is 0.300. The first-order valence-corrected chi connectivity index (χ1v) is 4.81. The molecular formula is C6H12BrNOS. The van der Waals surface area contributed by atoms with Gasteiger partial charge in [-0.2, -0.15) is 12.6 Å². The molecule has 0 aliphatic carbocycles. The van der Waals surface area contributed by atoms with E-state index in [1.807, 2.05) is 6.92 Å². The molecule has 1 amide bonds. The minimum atomic E-state index is 0.0361. The van der Waals surface area contributed by atoms with E-state index in [1.165, 1.54) is 0 Å². The van der Waals surface area contributed by atoms with E-state index in [0.717, 1.165) is 13.0 Å². The lowest BCUT2D eigenvalue weighted by atomic mass is 10.3. The van der Waals surface area contributed by atoms with Gasteiger partial charge in [0.25, 0.3) is 0 Å². The molecule has 4 heteroatoms. The van der Waals surface area contributed by atoms with Crippen LogP contribution in [-0.2, 0) is 4.79 Å². The first kappa shape index (κ1) is 10.3. The van der Waals surface area contributed by atoms with E-state index in [-0.39, 0.29) is 5.91 Å². The number of thiol groups is 1. The van der Waals surface area contributed by atoms with Crippen LogP contribution < -0.4 is 5.32 Å². The number of hydrogen-bond acceptors (Lipinski definition) is 2. The highest BCUT2D eigenvalue weighted by Gasteiger charge is 1.97. The maximum atomic E-state index is 10.6. The average Bonchev–Trinajstić information content (AvgIpc) is 1.87. The first-order valence-electron chi connectivity index (χ1n) is 3.17. The molecule has 1 N–H and O–H groups in total. The summed E-state index contributed by atoms with van der Waals surface area (Å²) >= 11 is 7.22. The molecule has 0 radical (unpaired) electrons. The Morgan fingerprint density at radius 3 is 2.80 bits per heavy atom. The predicted molar refractivity (Wildman–Crippen MR) is 49.9 cm³/mol. The summed E-state index contributed by atoms with van der Waals surface area (Å²) in [6, 6.07) is 0. The van der Waals surface area contributed by atoms with Crippen molar-refractivity contribution >= 4 is 34.5 Å². The normalized spacial score (nSPS) is 12.7. The van der Waals surface area contributed by atoms with Crippen LogP contribution in [0.25, 0.3) is 0 Å². The summed E-state index contributed by atoms with van der Waals surface area (Å²) in [7, 11) is 0. The van der Waals surface area contributed by atoms with Crippen LogP contribution in [0.4, 0.5) is 0 Å². The minimum Gasteiger partial charge on any atom is -0.355 e. The smallest absolute Gasteiger partial charge is 0.230 e. The lowest BCUT2D eigenvalue weighted by Crippen LogP contribution is -2.26. The third kappa shape index (κ3) is 6.42. The number of hydrogen-bond donors (Lipinski definition) is 2. The van der Waals surface area contributed by atoms with Gasteiger partial charge in [-0.25, -0.2) is 0 Å². The van der Waals surface area contributed by atoms with Gasteiger partial charge in [0, 0.05) is 11.8 Å². The van der Waals surface area contributed by atoms with Crippen LogP contribution in [0.15, 0.2) is 0 Å². The molecule has 0 saturated carbocycles. The Balaban J connectivity index is 3.12. The zero-order chi connectivity index (χ0) is 7.98. The molecule has 0 fully saturated rings. The predicted octanol–water partition coefficient (Wildman–Crippen LogP) is 1.21. The van der Waals surface area contributed by atoms with E-state index in [2.05, 4.69) is 33.9 Å². The summed E-state index contributed by atoms with van der Waals surface area (Å²) in [5, 5.41) is 3.47. The third-order valence-electron chi connectivity index (χ3n) is 1.01. The van der Waals surface area contributed by atoms with Crippen LogP contribution in [0, 0.1) is 0 Å². The highest BCUT2D eigenvalue weighted by atomic mass is 79.9. The lowest BCUT2D eigenvalue weighted by Gasteiger charge is -2.03. The summed E-state index contributed by atoms with van der Waals surface area (Å²) in [5.74, 6) is 0.0361. The quantitative estimate of drug-likeness (QED) is 0.547. The number of alkyl halides is 1. The number of carbonyl (C=O) groups is 1. The monoisotopic (exact) mass is 225 g/mol. The number of halogens is 1. The maximum Gasteiger partial charge on any atom is 0.230 e. The molecule has 2 nitrogen and oxygen atoms in total. The fraction of sp³-hybridized carbons (Fsp3) is 0.833. The summed E-state index contributed by atoms with van der Waals surface area (Å²) in [6.45, 7) is 2.72. The highest BCUT2D eigenvalue weighted by molar-refractivity contribution is 9.09. The van der Waals surface area contributed by atoms with E-state index < -0.39 is 0 Å². The number of nitrogens with one attached hydrogen (secondary N) is 1. The Kier molecular flexibility index (Phi) is 6.22. The van der Waals surface area contributed by atoms with Crippen LogP contribution in [0.2, 0.25) is 0 Å². The van der Waals surface area contributed by atoms with Crippen molar-refractivity contribution in [2.75, 3.05) is 11.9 Å². The van der Waals surface area contributed by atoms with Crippen molar-refractivity contribution in [3.05, 3.63) is 0 Å². The van der Waals surface area contributed by atoms with Crippen molar-refractivity contribution in [2.24, 2.45) is 0 Å². The lowest BCUT2D eigenvalue weighted by molar-refractivity contribution is -0.118.